The highest BCUT2D eigenvalue weighted by molar-refractivity contribution is 14.1. The van der Waals surface area contributed by atoms with Gasteiger partial charge in [-0.25, -0.2) is 9.97 Å². The van der Waals surface area contributed by atoms with Crippen molar-refractivity contribution in [1.82, 2.24) is 9.97 Å². The van der Waals surface area contributed by atoms with Gasteiger partial charge in [-0.15, -0.1) is 0 Å². The van der Waals surface area contributed by atoms with Crippen LogP contribution in [0.25, 0.3) is 0 Å². The SMILES string of the molecule is CCOC(C)(CC)c1nc(N)c(I)c(CC)n1. The van der Waals surface area contributed by atoms with E-state index in [2.05, 4.69) is 46.4 Å². The Morgan fingerprint density at radius 3 is 2.41 bits per heavy atom. The van der Waals surface area contributed by atoms with Crippen LogP contribution in [0, 0.1) is 3.57 Å². The standard InChI is InChI=1S/C12H20IN3O/c1-5-8-9(13)10(14)16-11(15-8)12(4,6-2)17-7-3/h5-7H2,1-4H3,(H2,14,15,16). The number of hydrogen-bond acceptors (Lipinski definition) is 4. The van der Waals surface area contributed by atoms with E-state index in [1.807, 2.05) is 13.8 Å². The third kappa shape index (κ3) is 3.07. The summed E-state index contributed by atoms with van der Waals surface area (Å²) in [6, 6.07) is 0. The third-order valence-corrected chi connectivity index (χ3v) is 4.07. The van der Waals surface area contributed by atoms with Gasteiger partial charge in [0, 0.05) is 6.61 Å². The first kappa shape index (κ1) is 14.6. The van der Waals surface area contributed by atoms with Crippen molar-refractivity contribution in [3.05, 3.63) is 15.1 Å². The molecule has 1 rings (SSSR count). The molecule has 0 radical (unpaired) electrons. The minimum atomic E-state index is -0.447. The number of halogens is 1. The summed E-state index contributed by atoms with van der Waals surface area (Å²) in [7, 11) is 0. The van der Waals surface area contributed by atoms with Crippen molar-refractivity contribution in [1.29, 1.82) is 0 Å². The summed E-state index contributed by atoms with van der Waals surface area (Å²) in [6.45, 7) is 8.76. The second kappa shape index (κ2) is 5.95. The van der Waals surface area contributed by atoms with Crippen molar-refractivity contribution >= 4 is 28.4 Å². The van der Waals surface area contributed by atoms with Crippen LogP contribution in [0.1, 0.15) is 45.6 Å². The molecule has 0 fully saturated rings. The second-order valence-corrected chi connectivity index (χ2v) is 5.14. The number of hydrogen-bond donors (Lipinski definition) is 1. The van der Waals surface area contributed by atoms with E-state index in [9.17, 15) is 0 Å². The van der Waals surface area contributed by atoms with Crippen LogP contribution in [-0.2, 0) is 16.8 Å². The van der Waals surface area contributed by atoms with Crippen molar-refractivity contribution in [2.75, 3.05) is 12.3 Å². The summed E-state index contributed by atoms with van der Waals surface area (Å²) in [4.78, 5) is 8.97. The number of nitrogens with zero attached hydrogens (tertiary/aromatic N) is 2. The molecule has 5 heteroatoms. The third-order valence-electron chi connectivity index (χ3n) is 2.89. The molecule has 0 aliphatic carbocycles. The Morgan fingerprint density at radius 1 is 1.29 bits per heavy atom. The Balaban J connectivity index is 3.25. The molecule has 0 saturated heterocycles. The van der Waals surface area contributed by atoms with Gasteiger partial charge in [-0.2, -0.15) is 0 Å². The van der Waals surface area contributed by atoms with Crippen LogP contribution in [0.4, 0.5) is 5.82 Å². The molecule has 96 valence electrons. The zero-order valence-corrected chi connectivity index (χ0v) is 13.0. The lowest BCUT2D eigenvalue weighted by Gasteiger charge is -2.27. The van der Waals surface area contributed by atoms with Gasteiger partial charge in [0.05, 0.1) is 9.26 Å². The lowest BCUT2D eigenvalue weighted by Crippen LogP contribution is -2.29. The molecule has 17 heavy (non-hydrogen) atoms. The highest BCUT2D eigenvalue weighted by Crippen LogP contribution is 2.28. The molecular weight excluding hydrogens is 329 g/mol. The van der Waals surface area contributed by atoms with Crippen molar-refractivity contribution in [3.8, 4) is 0 Å². The molecule has 0 bridgehead atoms. The zero-order chi connectivity index (χ0) is 13.1. The molecular formula is C12H20IN3O. The number of nitrogen functional groups attached to an aromatic ring is 1. The fourth-order valence-electron chi connectivity index (χ4n) is 1.63. The van der Waals surface area contributed by atoms with Crippen LogP contribution < -0.4 is 5.73 Å². The van der Waals surface area contributed by atoms with Gasteiger partial charge in [0.1, 0.15) is 11.4 Å². The van der Waals surface area contributed by atoms with Gasteiger partial charge in [-0.1, -0.05) is 13.8 Å². The van der Waals surface area contributed by atoms with Crippen LogP contribution >= 0.6 is 22.6 Å². The molecule has 0 saturated carbocycles. The number of ether oxygens (including phenoxy) is 1. The lowest BCUT2D eigenvalue weighted by atomic mass is 10.0. The van der Waals surface area contributed by atoms with Gasteiger partial charge < -0.3 is 10.5 Å². The first-order valence-corrected chi connectivity index (χ1v) is 7.02. The summed E-state index contributed by atoms with van der Waals surface area (Å²) >= 11 is 2.19. The molecule has 0 aromatic carbocycles. The van der Waals surface area contributed by atoms with Gasteiger partial charge in [-0.3, -0.25) is 0 Å². The van der Waals surface area contributed by atoms with Gasteiger partial charge >= 0.3 is 0 Å². The van der Waals surface area contributed by atoms with Crippen LogP contribution in [0.2, 0.25) is 0 Å². The highest BCUT2D eigenvalue weighted by Gasteiger charge is 2.29. The molecule has 1 heterocycles. The van der Waals surface area contributed by atoms with E-state index in [4.69, 9.17) is 10.5 Å². The quantitative estimate of drug-likeness (QED) is 0.831. The maximum atomic E-state index is 5.93. The van der Waals surface area contributed by atoms with Gasteiger partial charge in [0.25, 0.3) is 0 Å². The predicted molar refractivity (Wildman–Crippen MR) is 77.8 cm³/mol. The Bertz CT molecular complexity index is 398. The van der Waals surface area contributed by atoms with E-state index in [0.29, 0.717) is 18.2 Å². The van der Waals surface area contributed by atoms with Crippen molar-refractivity contribution in [2.45, 2.75) is 46.1 Å². The van der Waals surface area contributed by atoms with E-state index >= 15 is 0 Å². The number of aryl methyl sites for hydroxylation is 1. The smallest absolute Gasteiger partial charge is 0.162 e. The molecule has 0 spiro atoms. The number of aromatic nitrogens is 2. The van der Waals surface area contributed by atoms with E-state index in [1.165, 1.54) is 0 Å². The Labute approximate surface area is 117 Å². The van der Waals surface area contributed by atoms with E-state index in [-0.39, 0.29) is 0 Å². The van der Waals surface area contributed by atoms with Crippen LogP contribution in [0.3, 0.4) is 0 Å². The molecule has 2 N–H and O–H groups in total. The highest BCUT2D eigenvalue weighted by atomic mass is 127. The fourth-order valence-corrected chi connectivity index (χ4v) is 2.25. The van der Waals surface area contributed by atoms with E-state index in [0.717, 1.165) is 22.1 Å². The summed E-state index contributed by atoms with van der Waals surface area (Å²) in [5, 5.41) is 0. The molecule has 1 unspecified atom stereocenters. The minimum Gasteiger partial charge on any atom is -0.383 e. The number of anilines is 1. The summed E-state index contributed by atoms with van der Waals surface area (Å²) in [6.07, 6.45) is 1.67. The number of rotatable bonds is 5. The Kier molecular flexibility index (Phi) is 5.12. The van der Waals surface area contributed by atoms with Gasteiger partial charge in [0.15, 0.2) is 5.82 Å². The normalized spacial score (nSPS) is 14.6. The van der Waals surface area contributed by atoms with Gasteiger partial charge in [0.2, 0.25) is 0 Å². The maximum Gasteiger partial charge on any atom is 0.162 e. The molecule has 1 aromatic rings. The summed E-state index contributed by atoms with van der Waals surface area (Å²) in [5.74, 6) is 1.24. The Hall–Kier alpha value is -0.430. The molecule has 0 aliphatic heterocycles. The average molecular weight is 349 g/mol. The first-order chi connectivity index (χ1) is 7.98. The predicted octanol–water partition coefficient (Wildman–Crippen LogP) is 2.89. The molecule has 0 amide bonds. The van der Waals surface area contributed by atoms with Crippen molar-refractivity contribution in [2.24, 2.45) is 0 Å². The maximum absolute atomic E-state index is 5.93. The molecule has 1 aromatic heterocycles. The minimum absolute atomic E-state index is 0.447. The monoisotopic (exact) mass is 349 g/mol. The van der Waals surface area contributed by atoms with Crippen LogP contribution in [0.5, 0.6) is 0 Å². The summed E-state index contributed by atoms with van der Waals surface area (Å²) in [5.41, 5.74) is 6.48. The lowest BCUT2D eigenvalue weighted by molar-refractivity contribution is -0.0391. The second-order valence-electron chi connectivity index (χ2n) is 4.06. The zero-order valence-electron chi connectivity index (χ0n) is 10.9. The van der Waals surface area contributed by atoms with Gasteiger partial charge in [-0.05, 0) is 49.3 Å². The van der Waals surface area contributed by atoms with Crippen LogP contribution in [-0.4, -0.2) is 16.6 Å². The molecule has 1 atom stereocenters. The topological polar surface area (TPSA) is 61.0 Å². The molecule has 0 aliphatic rings. The fraction of sp³-hybridized carbons (Fsp3) is 0.667. The van der Waals surface area contributed by atoms with E-state index in [1.54, 1.807) is 0 Å². The van der Waals surface area contributed by atoms with Crippen LogP contribution in [0.15, 0.2) is 0 Å². The first-order valence-electron chi connectivity index (χ1n) is 5.94. The molecule has 4 nitrogen and oxygen atoms in total. The van der Waals surface area contributed by atoms with E-state index < -0.39 is 5.60 Å². The summed E-state index contributed by atoms with van der Waals surface area (Å²) < 4.78 is 6.72. The van der Waals surface area contributed by atoms with Crippen molar-refractivity contribution < 1.29 is 4.74 Å². The average Bonchev–Trinajstić information content (AvgIpc) is 2.32. The Morgan fingerprint density at radius 2 is 1.94 bits per heavy atom. The number of nitrogens with two attached hydrogens (primary N) is 1. The van der Waals surface area contributed by atoms with Crippen molar-refractivity contribution in [3.63, 3.8) is 0 Å². The largest absolute Gasteiger partial charge is 0.383 e.